The summed E-state index contributed by atoms with van der Waals surface area (Å²) >= 11 is 0. The molecule has 0 unspecified atom stereocenters. The normalized spacial score (nSPS) is 14.0. The molecule has 0 atom stereocenters. The fourth-order valence-corrected chi connectivity index (χ4v) is 5.86. The topological polar surface area (TPSA) is 43.8 Å². The summed E-state index contributed by atoms with van der Waals surface area (Å²) in [5.74, 6) is 1.81. The number of anilines is 1. The summed E-state index contributed by atoms with van der Waals surface area (Å²) in [5, 5.41) is 0.262. The highest BCUT2D eigenvalue weighted by Crippen LogP contribution is 2.37. The molecule has 42 heavy (non-hydrogen) atoms. The summed E-state index contributed by atoms with van der Waals surface area (Å²) in [6.45, 7) is 15.5. The molecule has 1 saturated heterocycles. The molecule has 0 N–H and O–H groups in total. The van der Waals surface area contributed by atoms with E-state index < -0.39 is 8.32 Å². The van der Waals surface area contributed by atoms with Crippen molar-refractivity contribution in [3.8, 4) is 22.9 Å². The first-order valence-electron chi connectivity index (χ1n) is 15.0. The van der Waals surface area contributed by atoms with Crippen LogP contribution >= 0.6 is 0 Å². The Hall–Kier alpha value is -3.61. The van der Waals surface area contributed by atoms with Gasteiger partial charge in [0.1, 0.15) is 13.2 Å². The molecule has 1 aromatic heterocycles. The van der Waals surface area contributed by atoms with Crippen molar-refractivity contribution in [3.05, 3.63) is 108 Å². The van der Waals surface area contributed by atoms with Gasteiger partial charge in [-0.15, -0.1) is 0 Å². The van der Waals surface area contributed by atoms with E-state index >= 15 is 0 Å². The van der Waals surface area contributed by atoms with Crippen LogP contribution in [0.5, 0.6) is 11.8 Å². The van der Waals surface area contributed by atoms with E-state index in [1.165, 1.54) is 5.69 Å². The lowest BCUT2D eigenvalue weighted by Crippen LogP contribution is -2.48. The zero-order valence-electron chi connectivity index (χ0n) is 25.7. The van der Waals surface area contributed by atoms with E-state index in [2.05, 4.69) is 75.2 Å². The minimum Gasteiger partial charge on any atom is -0.473 e. The van der Waals surface area contributed by atoms with Crippen molar-refractivity contribution in [3.63, 3.8) is 0 Å². The van der Waals surface area contributed by atoms with Gasteiger partial charge in [0.2, 0.25) is 11.8 Å². The third kappa shape index (κ3) is 7.61. The number of hydrogen-bond acceptors (Lipinski definition) is 5. The highest BCUT2D eigenvalue weighted by Gasteiger charge is 2.37. The van der Waals surface area contributed by atoms with E-state index in [1.807, 2.05) is 60.7 Å². The van der Waals surface area contributed by atoms with Crippen LogP contribution in [0.15, 0.2) is 97.1 Å². The molecule has 5 rings (SSSR count). The summed E-state index contributed by atoms with van der Waals surface area (Å²) in [5.41, 5.74) is 5.47. The van der Waals surface area contributed by atoms with E-state index in [0.29, 0.717) is 30.9 Å². The van der Waals surface area contributed by atoms with Crippen molar-refractivity contribution >= 4 is 14.0 Å². The van der Waals surface area contributed by atoms with Crippen LogP contribution in [-0.4, -0.2) is 33.0 Å². The summed E-state index contributed by atoms with van der Waals surface area (Å²) < 4.78 is 18.7. The van der Waals surface area contributed by atoms with Gasteiger partial charge in [-0.05, 0) is 65.4 Å². The van der Waals surface area contributed by atoms with Crippen molar-refractivity contribution in [2.75, 3.05) is 24.6 Å². The van der Waals surface area contributed by atoms with Crippen LogP contribution in [0, 0.1) is 5.92 Å². The largest absolute Gasteiger partial charge is 0.473 e. The molecule has 3 aromatic carbocycles. The Morgan fingerprint density at radius 3 is 1.95 bits per heavy atom. The first-order valence-corrected chi connectivity index (χ1v) is 17.9. The maximum Gasteiger partial charge on any atom is 0.225 e. The molecule has 1 aliphatic heterocycles. The molecule has 5 nitrogen and oxygen atoms in total. The summed E-state index contributed by atoms with van der Waals surface area (Å²) in [7, 11) is -1.67. The third-order valence-electron chi connectivity index (χ3n) is 8.58. The standard InChI is InChI=1S/C36H44N2O3Si/c1-36(2,3)42(4,5)41-23-22-30-24-38(25-30)32-18-16-31(17-19-32)33-20-21-34(39-26-28-12-8-6-9-13-28)37-35(33)40-27-29-14-10-7-11-15-29/h6-21,30H,22-27H2,1-5H3. The zero-order valence-corrected chi connectivity index (χ0v) is 26.7. The summed E-state index contributed by atoms with van der Waals surface area (Å²) in [6.07, 6.45) is 1.13. The number of pyridine rings is 1. The molecule has 4 aromatic rings. The van der Waals surface area contributed by atoms with Gasteiger partial charge in [-0.3, -0.25) is 0 Å². The van der Waals surface area contributed by atoms with Gasteiger partial charge >= 0.3 is 0 Å². The second-order valence-corrected chi connectivity index (χ2v) is 17.6. The maximum atomic E-state index is 6.40. The number of nitrogens with zero attached hydrogens (tertiary/aromatic N) is 2. The van der Waals surface area contributed by atoms with Crippen LogP contribution in [0.2, 0.25) is 18.1 Å². The third-order valence-corrected chi connectivity index (χ3v) is 13.1. The lowest BCUT2D eigenvalue weighted by atomic mass is 9.95. The number of ether oxygens (including phenoxy) is 2. The Bertz CT molecular complexity index is 1410. The van der Waals surface area contributed by atoms with E-state index in [9.17, 15) is 0 Å². The molecule has 220 valence electrons. The van der Waals surface area contributed by atoms with Gasteiger partial charge in [-0.2, -0.15) is 4.98 Å². The van der Waals surface area contributed by atoms with Gasteiger partial charge in [0, 0.05) is 37.0 Å². The van der Waals surface area contributed by atoms with E-state index in [-0.39, 0.29) is 5.04 Å². The fourth-order valence-electron chi connectivity index (χ4n) is 4.80. The van der Waals surface area contributed by atoms with Gasteiger partial charge in [-0.1, -0.05) is 93.6 Å². The first-order chi connectivity index (χ1) is 20.2. The average molecular weight is 581 g/mol. The van der Waals surface area contributed by atoms with Crippen LogP contribution in [0.1, 0.15) is 38.3 Å². The monoisotopic (exact) mass is 580 g/mol. The Morgan fingerprint density at radius 2 is 1.36 bits per heavy atom. The molecule has 0 saturated carbocycles. The molecule has 6 heteroatoms. The van der Waals surface area contributed by atoms with E-state index in [1.54, 1.807) is 0 Å². The Kier molecular flexibility index (Phi) is 9.34. The molecule has 0 aliphatic carbocycles. The Balaban J connectivity index is 1.22. The van der Waals surface area contributed by atoms with Crippen LogP contribution in [0.25, 0.3) is 11.1 Å². The highest BCUT2D eigenvalue weighted by molar-refractivity contribution is 6.74. The number of hydrogen-bond donors (Lipinski definition) is 0. The molecule has 0 radical (unpaired) electrons. The lowest BCUT2D eigenvalue weighted by molar-refractivity contribution is 0.239. The summed E-state index contributed by atoms with van der Waals surface area (Å²) in [6, 6.07) is 33.0. The Morgan fingerprint density at radius 1 is 0.762 bits per heavy atom. The summed E-state index contributed by atoms with van der Waals surface area (Å²) in [4.78, 5) is 7.22. The number of rotatable bonds is 12. The SMILES string of the molecule is CC(C)(C)[Si](C)(C)OCCC1CN(c2ccc(-c3ccc(OCc4ccccc4)nc3OCc3ccccc3)cc2)C1. The molecular weight excluding hydrogens is 536 g/mol. The van der Waals surface area contributed by atoms with Crippen molar-refractivity contribution in [1.29, 1.82) is 0 Å². The first kappa shape index (κ1) is 29.9. The van der Waals surface area contributed by atoms with Gasteiger partial charge in [0.15, 0.2) is 8.32 Å². The van der Waals surface area contributed by atoms with Crippen LogP contribution in [-0.2, 0) is 17.6 Å². The zero-order chi connectivity index (χ0) is 29.6. The van der Waals surface area contributed by atoms with Crippen molar-refractivity contribution in [1.82, 2.24) is 4.98 Å². The molecule has 0 spiro atoms. The van der Waals surface area contributed by atoms with E-state index in [4.69, 9.17) is 18.9 Å². The minimum atomic E-state index is -1.67. The fraction of sp³-hybridized carbons (Fsp3) is 0.361. The second-order valence-electron chi connectivity index (χ2n) is 12.8. The van der Waals surface area contributed by atoms with Crippen LogP contribution < -0.4 is 14.4 Å². The molecular formula is C36H44N2O3Si. The second kappa shape index (κ2) is 13.1. The quantitative estimate of drug-likeness (QED) is 0.157. The van der Waals surface area contributed by atoms with Gasteiger partial charge < -0.3 is 18.8 Å². The minimum absolute atomic E-state index is 0.262. The van der Waals surface area contributed by atoms with Crippen molar-refractivity contribution in [2.45, 2.75) is 58.5 Å². The smallest absolute Gasteiger partial charge is 0.225 e. The molecule has 2 heterocycles. The van der Waals surface area contributed by atoms with Crippen LogP contribution in [0.4, 0.5) is 5.69 Å². The average Bonchev–Trinajstić information content (AvgIpc) is 2.97. The van der Waals surface area contributed by atoms with Crippen molar-refractivity contribution in [2.24, 2.45) is 5.92 Å². The predicted octanol–water partition coefficient (Wildman–Crippen LogP) is 8.75. The maximum absolute atomic E-state index is 6.40. The number of benzene rings is 3. The predicted molar refractivity (Wildman–Crippen MR) is 175 cm³/mol. The molecule has 0 bridgehead atoms. The Labute approximate surface area is 252 Å². The molecule has 1 aliphatic rings. The van der Waals surface area contributed by atoms with Gasteiger partial charge in [0.05, 0.1) is 0 Å². The van der Waals surface area contributed by atoms with E-state index in [0.717, 1.165) is 48.4 Å². The van der Waals surface area contributed by atoms with Crippen LogP contribution in [0.3, 0.4) is 0 Å². The lowest BCUT2D eigenvalue weighted by Gasteiger charge is -2.42. The van der Waals surface area contributed by atoms with Crippen molar-refractivity contribution < 1.29 is 13.9 Å². The molecule has 1 fully saturated rings. The van der Waals surface area contributed by atoms with Gasteiger partial charge in [0.25, 0.3) is 0 Å². The number of aromatic nitrogens is 1. The highest BCUT2D eigenvalue weighted by atomic mass is 28.4. The van der Waals surface area contributed by atoms with Gasteiger partial charge in [-0.25, -0.2) is 0 Å². The molecule has 0 amide bonds.